The Bertz CT molecular complexity index is 1400. The molecule has 9 nitrogen and oxygen atoms in total. The van der Waals surface area contributed by atoms with Crippen LogP contribution in [0.5, 0.6) is 0 Å². The molecule has 3 atom stereocenters. The first-order valence-corrected chi connectivity index (χ1v) is 13.3. The third-order valence-corrected chi connectivity index (χ3v) is 7.08. The van der Waals surface area contributed by atoms with Gasteiger partial charge in [-0.05, 0) is 54.4 Å². The Kier molecular flexibility index (Phi) is 9.29. The number of hydrogen-bond acceptors (Lipinski definition) is 4. The maximum absolute atomic E-state index is 13.2. The molecule has 0 bridgehead atoms. The number of anilines is 2. The quantitative estimate of drug-likeness (QED) is 0.274. The standard InChI is InChI=1S/C29H28Cl2N4O5/c1-17(28(38)39)26(19-10-21(30)13-22(31)11-19)34-27(37)20-12-25(36)35(16-20)24-9-5-8-23(14-24)33-29(40)32-15-18-6-3-2-4-7-18/h2-11,13-14,17,20,26H,12,15-16H2,1H3,(H,34,37)(H,38,39)(H2,32,33,40). The highest BCUT2D eigenvalue weighted by Crippen LogP contribution is 2.31. The summed E-state index contributed by atoms with van der Waals surface area (Å²) >= 11 is 12.2. The van der Waals surface area contributed by atoms with Crippen LogP contribution in [0.15, 0.2) is 72.8 Å². The number of amides is 4. The Morgan fingerprint density at radius 2 is 1.70 bits per heavy atom. The number of rotatable bonds is 9. The number of carboxylic acid groups (broad SMARTS) is 1. The summed E-state index contributed by atoms with van der Waals surface area (Å²) in [5.74, 6) is -3.53. The predicted molar refractivity (Wildman–Crippen MR) is 153 cm³/mol. The molecule has 0 aromatic heterocycles. The van der Waals surface area contributed by atoms with Crippen molar-refractivity contribution < 1.29 is 24.3 Å². The van der Waals surface area contributed by atoms with Crippen molar-refractivity contribution in [3.8, 4) is 0 Å². The lowest BCUT2D eigenvalue weighted by Crippen LogP contribution is -2.39. The number of carboxylic acids is 1. The topological polar surface area (TPSA) is 128 Å². The molecule has 40 heavy (non-hydrogen) atoms. The summed E-state index contributed by atoms with van der Waals surface area (Å²) in [6.45, 7) is 1.93. The van der Waals surface area contributed by atoms with Crippen LogP contribution in [-0.2, 0) is 20.9 Å². The highest BCUT2D eigenvalue weighted by Gasteiger charge is 2.37. The molecular weight excluding hydrogens is 555 g/mol. The molecule has 0 spiro atoms. The van der Waals surface area contributed by atoms with Crippen molar-refractivity contribution in [3.05, 3.63) is 94.0 Å². The van der Waals surface area contributed by atoms with Gasteiger partial charge in [-0.2, -0.15) is 0 Å². The monoisotopic (exact) mass is 582 g/mol. The fourth-order valence-electron chi connectivity index (χ4n) is 4.50. The average molecular weight is 583 g/mol. The van der Waals surface area contributed by atoms with E-state index >= 15 is 0 Å². The fraction of sp³-hybridized carbons (Fsp3) is 0.241. The molecule has 1 saturated heterocycles. The summed E-state index contributed by atoms with van der Waals surface area (Å²) in [7, 11) is 0. The van der Waals surface area contributed by atoms with Gasteiger partial charge in [-0.1, -0.05) is 59.6 Å². The second kappa shape index (κ2) is 12.8. The molecule has 3 aromatic carbocycles. The molecule has 1 aliphatic rings. The number of carbonyl (C=O) groups is 4. The zero-order valence-corrected chi connectivity index (χ0v) is 23.1. The first kappa shape index (κ1) is 28.9. The first-order chi connectivity index (χ1) is 19.1. The number of carbonyl (C=O) groups excluding carboxylic acids is 3. The predicted octanol–water partition coefficient (Wildman–Crippen LogP) is 5.25. The largest absolute Gasteiger partial charge is 0.481 e. The summed E-state index contributed by atoms with van der Waals surface area (Å²) < 4.78 is 0. The van der Waals surface area contributed by atoms with Crippen molar-refractivity contribution in [2.45, 2.75) is 25.9 Å². The number of nitrogens with one attached hydrogen (secondary N) is 3. The molecule has 0 aliphatic carbocycles. The SMILES string of the molecule is CC(C(=O)O)C(NC(=O)C1CC(=O)N(c2cccc(NC(=O)NCc3ccccc3)c2)C1)c1cc(Cl)cc(Cl)c1. The minimum absolute atomic E-state index is 0.0501. The lowest BCUT2D eigenvalue weighted by atomic mass is 9.93. The van der Waals surface area contributed by atoms with E-state index in [0.717, 1.165) is 5.56 Å². The Balaban J connectivity index is 1.42. The van der Waals surface area contributed by atoms with Crippen LogP contribution in [0.1, 0.15) is 30.5 Å². The maximum Gasteiger partial charge on any atom is 0.319 e. The molecule has 11 heteroatoms. The summed E-state index contributed by atoms with van der Waals surface area (Å²) in [6.07, 6.45) is -0.0501. The van der Waals surface area contributed by atoms with Crippen LogP contribution in [0.3, 0.4) is 0 Å². The molecular formula is C29H28Cl2N4O5. The number of benzene rings is 3. The van der Waals surface area contributed by atoms with Gasteiger partial charge in [-0.15, -0.1) is 0 Å². The summed E-state index contributed by atoms with van der Waals surface area (Å²) in [5, 5.41) is 18.6. The van der Waals surface area contributed by atoms with Crippen molar-refractivity contribution in [3.63, 3.8) is 0 Å². The van der Waals surface area contributed by atoms with Gasteiger partial charge in [-0.25, -0.2) is 4.79 Å². The highest BCUT2D eigenvalue weighted by atomic mass is 35.5. The molecule has 4 N–H and O–H groups in total. The normalized spacial score (nSPS) is 16.2. The van der Waals surface area contributed by atoms with Gasteiger partial charge in [0, 0.05) is 40.9 Å². The van der Waals surface area contributed by atoms with Crippen LogP contribution in [-0.4, -0.2) is 35.5 Å². The molecule has 3 aromatic rings. The molecule has 4 amide bonds. The second-order valence-electron chi connectivity index (χ2n) is 9.56. The smallest absolute Gasteiger partial charge is 0.319 e. The maximum atomic E-state index is 13.2. The van der Waals surface area contributed by atoms with E-state index in [4.69, 9.17) is 23.2 Å². The van der Waals surface area contributed by atoms with E-state index in [1.807, 2.05) is 30.3 Å². The molecule has 1 aliphatic heterocycles. The third kappa shape index (κ3) is 7.31. The molecule has 208 valence electrons. The van der Waals surface area contributed by atoms with Crippen LogP contribution in [0.2, 0.25) is 10.0 Å². The Hall–Kier alpha value is -4.08. The average Bonchev–Trinajstić information content (AvgIpc) is 3.32. The van der Waals surface area contributed by atoms with E-state index < -0.39 is 35.8 Å². The van der Waals surface area contributed by atoms with Gasteiger partial charge in [0.25, 0.3) is 0 Å². The van der Waals surface area contributed by atoms with Crippen LogP contribution in [0.4, 0.5) is 16.2 Å². The fourth-order valence-corrected chi connectivity index (χ4v) is 5.05. The van der Waals surface area contributed by atoms with Gasteiger partial charge < -0.3 is 26.0 Å². The number of hydrogen-bond donors (Lipinski definition) is 4. The lowest BCUT2D eigenvalue weighted by molar-refractivity contribution is -0.142. The van der Waals surface area contributed by atoms with E-state index in [2.05, 4.69) is 16.0 Å². The molecule has 0 radical (unpaired) electrons. The summed E-state index contributed by atoms with van der Waals surface area (Å²) in [4.78, 5) is 51.8. The highest BCUT2D eigenvalue weighted by molar-refractivity contribution is 6.34. The van der Waals surface area contributed by atoms with Crippen LogP contribution in [0.25, 0.3) is 0 Å². The van der Waals surface area contributed by atoms with E-state index in [1.54, 1.807) is 36.4 Å². The van der Waals surface area contributed by atoms with Crippen LogP contribution < -0.4 is 20.9 Å². The zero-order valence-electron chi connectivity index (χ0n) is 21.6. The third-order valence-electron chi connectivity index (χ3n) is 6.64. The number of aliphatic carboxylic acids is 1. The number of urea groups is 1. The van der Waals surface area contributed by atoms with Gasteiger partial charge in [0.15, 0.2) is 0 Å². The van der Waals surface area contributed by atoms with E-state index in [9.17, 15) is 24.3 Å². The van der Waals surface area contributed by atoms with E-state index in [0.29, 0.717) is 33.5 Å². The zero-order chi connectivity index (χ0) is 28.8. The van der Waals surface area contributed by atoms with Crippen molar-refractivity contribution in [1.29, 1.82) is 0 Å². The molecule has 1 heterocycles. The van der Waals surface area contributed by atoms with Gasteiger partial charge in [0.2, 0.25) is 11.8 Å². The van der Waals surface area contributed by atoms with Crippen molar-refractivity contribution in [1.82, 2.24) is 10.6 Å². The van der Waals surface area contributed by atoms with Crippen LogP contribution >= 0.6 is 23.2 Å². The number of nitrogens with zero attached hydrogens (tertiary/aromatic N) is 1. The van der Waals surface area contributed by atoms with Crippen molar-refractivity contribution in [2.75, 3.05) is 16.8 Å². The Morgan fingerprint density at radius 3 is 2.38 bits per heavy atom. The van der Waals surface area contributed by atoms with Gasteiger partial charge >= 0.3 is 12.0 Å². The Morgan fingerprint density at radius 1 is 1.00 bits per heavy atom. The summed E-state index contributed by atoms with van der Waals surface area (Å²) in [6, 6.07) is 19.6. The molecule has 3 unspecified atom stereocenters. The molecule has 4 rings (SSSR count). The van der Waals surface area contributed by atoms with E-state index in [1.165, 1.54) is 17.9 Å². The van der Waals surface area contributed by atoms with Gasteiger partial charge in [0.05, 0.1) is 17.9 Å². The molecule has 0 saturated carbocycles. The van der Waals surface area contributed by atoms with Gasteiger partial charge in [-0.3, -0.25) is 14.4 Å². The van der Waals surface area contributed by atoms with Gasteiger partial charge in [0.1, 0.15) is 0 Å². The van der Waals surface area contributed by atoms with E-state index in [-0.39, 0.29) is 18.9 Å². The minimum atomic E-state index is -1.11. The lowest BCUT2D eigenvalue weighted by Gasteiger charge is -2.25. The molecule has 1 fully saturated rings. The minimum Gasteiger partial charge on any atom is -0.481 e. The van der Waals surface area contributed by atoms with Crippen molar-refractivity contribution in [2.24, 2.45) is 11.8 Å². The first-order valence-electron chi connectivity index (χ1n) is 12.6. The van der Waals surface area contributed by atoms with Crippen molar-refractivity contribution >= 4 is 58.4 Å². The Labute approximate surface area is 241 Å². The summed E-state index contributed by atoms with van der Waals surface area (Å²) in [5.41, 5.74) is 2.42. The number of halogens is 2. The second-order valence-corrected chi connectivity index (χ2v) is 10.4. The van der Waals surface area contributed by atoms with Crippen LogP contribution in [0, 0.1) is 11.8 Å².